The van der Waals surface area contributed by atoms with Crippen LogP contribution < -0.4 is 0 Å². The molecule has 2 heterocycles. The quantitative estimate of drug-likeness (QED) is 0.733. The fraction of sp³-hybridized carbons (Fsp3) is 0.417. The van der Waals surface area contributed by atoms with Crippen LogP contribution in [-0.4, -0.2) is 9.97 Å². The summed E-state index contributed by atoms with van der Waals surface area (Å²) in [5, 5.41) is 1.33. The van der Waals surface area contributed by atoms with Crippen molar-refractivity contribution in [2.45, 2.75) is 32.6 Å². The van der Waals surface area contributed by atoms with E-state index in [0.29, 0.717) is 0 Å². The summed E-state index contributed by atoms with van der Waals surface area (Å²) in [5.74, 6) is 0. The molecule has 74 valence electrons. The first kappa shape index (κ1) is 9.25. The number of fused-ring (bicyclic) bond motifs is 1. The molecule has 0 saturated carbocycles. The van der Waals surface area contributed by atoms with Crippen molar-refractivity contribution in [3.8, 4) is 0 Å². The fourth-order valence-electron chi connectivity index (χ4n) is 1.80. The zero-order valence-electron chi connectivity index (χ0n) is 8.59. The van der Waals surface area contributed by atoms with E-state index in [4.69, 9.17) is 0 Å². The fourth-order valence-corrected chi connectivity index (χ4v) is 1.80. The SMILES string of the molecule is CCCCCc1c[nH]c2cnccc12. The van der Waals surface area contributed by atoms with Crippen LogP contribution in [0.1, 0.15) is 31.7 Å². The van der Waals surface area contributed by atoms with E-state index in [1.54, 1.807) is 0 Å². The molecule has 0 radical (unpaired) electrons. The van der Waals surface area contributed by atoms with Crippen LogP contribution in [0, 0.1) is 0 Å². The van der Waals surface area contributed by atoms with Crippen LogP contribution in [0.15, 0.2) is 24.7 Å². The molecule has 2 heteroatoms. The van der Waals surface area contributed by atoms with Gasteiger partial charge in [0.05, 0.1) is 11.7 Å². The minimum atomic E-state index is 1.15. The molecule has 0 unspecified atom stereocenters. The number of rotatable bonds is 4. The van der Waals surface area contributed by atoms with Crippen molar-refractivity contribution in [3.63, 3.8) is 0 Å². The molecule has 0 aromatic carbocycles. The molecule has 2 nitrogen and oxygen atoms in total. The third-order valence-corrected chi connectivity index (χ3v) is 2.62. The first-order chi connectivity index (χ1) is 6.92. The first-order valence-electron chi connectivity index (χ1n) is 5.32. The zero-order chi connectivity index (χ0) is 9.80. The average molecular weight is 188 g/mol. The van der Waals surface area contributed by atoms with Crippen molar-refractivity contribution in [3.05, 3.63) is 30.2 Å². The van der Waals surface area contributed by atoms with E-state index >= 15 is 0 Å². The van der Waals surface area contributed by atoms with E-state index in [2.05, 4.69) is 29.2 Å². The van der Waals surface area contributed by atoms with Crippen molar-refractivity contribution in [1.29, 1.82) is 0 Å². The topological polar surface area (TPSA) is 28.7 Å². The standard InChI is InChI=1S/C12H16N2/c1-2-3-4-5-10-8-14-12-9-13-7-6-11(10)12/h6-9,14H,2-5H2,1H3. The number of aromatic amines is 1. The lowest BCUT2D eigenvalue weighted by atomic mass is 10.1. The minimum absolute atomic E-state index is 1.15. The van der Waals surface area contributed by atoms with E-state index in [0.717, 1.165) is 5.52 Å². The van der Waals surface area contributed by atoms with Gasteiger partial charge in [0.1, 0.15) is 0 Å². The number of aryl methyl sites for hydroxylation is 1. The Labute approximate surface area is 84.4 Å². The smallest absolute Gasteiger partial charge is 0.0643 e. The van der Waals surface area contributed by atoms with E-state index in [-0.39, 0.29) is 0 Å². The largest absolute Gasteiger partial charge is 0.360 e. The van der Waals surface area contributed by atoms with Crippen molar-refractivity contribution >= 4 is 10.9 Å². The summed E-state index contributed by atoms with van der Waals surface area (Å²) in [5.41, 5.74) is 2.58. The van der Waals surface area contributed by atoms with Crippen LogP contribution >= 0.6 is 0 Å². The lowest BCUT2D eigenvalue weighted by Gasteiger charge is -1.97. The summed E-state index contributed by atoms with van der Waals surface area (Å²) in [6.07, 6.45) is 10.9. The van der Waals surface area contributed by atoms with Gasteiger partial charge in [0.15, 0.2) is 0 Å². The van der Waals surface area contributed by atoms with Gasteiger partial charge in [-0.3, -0.25) is 4.98 Å². The average Bonchev–Trinajstić information content (AvgIpc) is 2.63. The Hall–Kier alpha value is -1.31. The number of nitrogens with one attached hydrogen (secondary N) is 1. The molecule has 0 fully saturated rings. The normalized spacial score (nSPS) is 10.9. The molecule has 2 aromatic rings. The van der Waals surface area contributed by atoms with Crippen molar-refractivity contribution < 1.29 is 0 Å². The summed E-state index contributed by atoms with van der Waals surface area (Å²) in [7, 11) is 0. The molecule has 2 aromatic heterocycles. The highest BCUT2D eigenvalue weighted by molar-refractivity contribution is 5.82. The molecule has 0 aliphatic heterocycles. The van der Waals surface area contributed by atoms with Gasteiger partial charge in [-0.15, -0.1) is 0 Å². The molecule has 0 aliphatic rings. The number of hydrogen-bond acceptors (Lipinski definition) is 1. The first-order valence-corrected chi connectivity index (χ1v) is 5.32. The molecule has 14 heavy (non-hydrogen) atoms. The lowest BCUT2D eigenvalue weighted by Crippen LogP contribution is -1.83. The van der Waals surface area contributed by atoms with Gasteiger partial charge in [-0.1, -0.05) is 19.8 Å². The molecule has 2 rings (SSSR count). The number of aromatic nitrogens is 2. The van der Waals surface area contributed by atoms with E-state index in [1.165, 1.54) is 36.6 Å². The highest BCUT2D eigenvalue weighted by atomic mass is 14.7. The molecular formula is C12H16N2. The summed E-state index contributed by atoms with van der Waals surface area (Å²) in [6, 6.07) is 2.09. The number of hydrogen-bond donors (Lipinski definition) is 1. The van der Waals surface area contributed by atoms with E-state index in [9.17, 15) is 0 Å². The number of pyridine rings is 1. The second-order valence-corrected chi connectivity index (χ2v) is 3.69. The Bertz CT molecular complexity index is 403. The third-order valence-electron chi connectivity index (χ3n) is 2.62. The van der Waals surface area contributed by atoms with Gasteiger partial charge in [0.2, 0.25) is 0 Å². The monoisotopic (exact) mass is 188 g/mol. The summed E-state index contributed by atoms with van der Waals surface area (Å²) in [4.78, 5) is 7.34. The third kappa shape index (κ3) is 1.79. The van der Waals surface area contributed by atoms with Crippen LogP contribution in [0.4, 0.5) is 0 Å². The van der Waals surface area contributed by atoms with Gasteiger partial charge in [-0.25, -0.2) is 0 Å². The molecule has 0 bridgehead atoms. The van der Waals surface area contributed by atoms with Crippen molar-refractivity contribution in [2.24, 2.45) is 0 Å². The van der Waals surface area contributed by atoms with Gasteiger partial charge in [0.25, 0.3) is 0 Å². The van der Waals surface area contributed by atoms with E-state index in [1.807, 2.05) is 12.4 Å². The Morgan fingerprint density at radius 3 is 3.14 bits per heavy atom. The van der Waals surface area contributed by atoms with E-state index < -0.39 is 0 Å². The summed E-state index contributed by atoms with van der Waals surface area (Å²) >= 11 is 0. The molecule has 0 spiro atoms. The molecular weight excluding hydrogens is 172 g/mol. The molecule has 1 N–H and O–H groups in total. The van der Waals surface area contributed by atoms with Crippen LogP contribution in [0.2, 0.25) is 0 Å². The van der Waals surface area contributed by atoms with Crippen LogP contribution in [0.5, 0.6) is 0 Å². The second kappa shape index (κ2) is 4.27. The van der Waals surface area contributed by atoms with Crippen molar-refractivity contribution in [2.75, 3.05) is 0 Å². The Balaban J connectivity index is 2.17. The Morgan fingerprint density at radius 2 is 2.29 bits per heavy atom. The van der Waals surface area contributed by atoms with Gasteiger partial charge in [-0.05, 0) is 24.5 Å². The summed E-state index contributed by atoms with van der Waals surface area (Å²) < 4.78 is 0. The van der Waals surface area contributed by atoms with Gasteiger partial charge >= 0.3 is 0 Å². The number of H-pyrrole nitrogens is 1. The van der Waals surface area contributed by atoms with Crippen LogP contribution in [0.3, 0.4) is 0 Å². The van der Waals surface area contributed by atoms with Crippen LogP contribution in [0.25, 0.3) is 10.9 Å². The predicted octanol–water partition coefficient (Wildman–Crippen LogP) is 3.30. The van der Waals surface area contributed by atoms with Gasteiger partial charge < -0.3 is 4.98 Å². The molecule has 0 amide bonds. The second-order valence-electron chi connectivity index (χ2n) is 3.69. The number of unbranched alkanes of at least 4 members (excludes halogenated alkanes) is 2. The molecule has 0 aliphatic carbocycles. The maximum absolute atomic E-state index is 4.09. The molecule has 0 saturated heterocycles. The Morgan fingerprint density at radius 1 is 1.36 bits per heavy atom. The maximum Gasteiger partial charge on any atom is 0.0643 e. The lowest BCUT2D eigenvalue weighted by molar-refractivity contribution is 0.719. The number of nitrogens with zero attached hydrogens (tertiary/aromatic N) is 1. The Kier molecular flexibility index (Phi) is 2.82. The van der Waals surface area contributed by atoms with Crippen LogP contribution in [-0.2, 0) is 6.42 Å². The summed E-state index contributed by atoms with van der Waals surface area (Å²) in [6.45, 7) is 2.24. The maximum atomic E-state index is 4.09. The van der Waals surface area contributed by atoms with Gasteiger partial charge in [-0.2, -0.15) is 0 Å². The molecule has 0 atom stereocenters. The minimum Gasteiger partial charge on any atom is -0.360 e. The van der Waals surface area contributed by atoms with Crippen molar-refractivity contribution in [1.82, 2.24) is 9.97 Å². The highest BCUT2D eigenvalue weighted by Gasteiger charge is 2.01. The zero-order valence-corrected chi connectivity index (χ0v) is 8.59. The highest BCUT2D eigenvalue weighted by Crippen LogP contribution is 2.18. The van der Waals surface area contributed by atoms with Gasteiger partial charge in [0, 0.05) is 17.8 Å². The predicted molar refractivity (Wildman–Crippen MR) is 59.3 cm³/mol.